The maximum atomic E-state index is 11.9. The van der Waals surface area contributed by atoms with Crippen molar-refractivity contribution in [1.82, 2.24) is 5.16 Å². The van der Waals surface area contributed by atoms with E-state index in [1.165, 1.54) is 23.8 Å². The second-order valence-electron chi connectivity index (χ2n) is 4.83. The molecule has 0 atom stereocenters. The van der Waals surface area contributed by atoms with Gasteiger partial charge in [-0.2, -0.15) is 0 Å². The molecule has 0 fully saturated rings. The summed E-state index contributed by atoms with van der Waals surface area (Å²) in [4.78, 5) is 24.6. The van der Waals surface area contributed by atoms with Crippen molar-refractivity contribution >= 4 is 28.2 Å². The number of nitrogens with one attached hydrogen (secondary N) is 1. The SMILES string of the molecule is CCOC(=O)c1ccc(-c2ccc(NC(=O)c3cnoc3)s2)cc1. The van der Waals surface area contributed by atoms with E-state index in [0.29, 0.717) is 22.7 Å². The molecular weight excluding hydrogens is 328 g/mol. The smallest absolute Gasteiger partial charge is 0.338 e. The van der Waals surface area contributed by atoms with Gasteiger partial charge in [-0.15, -0.1) is 11.3 Å². The molecule has 0 bridgehead atoms. The minimum absolute atomic E-state index is 0.276. The number of amides is 1. The second kappa shape index (κ2) is 7.10. The van der Waals surface area contributed by atoms with Crippen LogP contribution < -0.4 is 5.32 Å². The molecule has 0 aliphatic carbocycles. The number of nitrogens with zero attached hydrogens (tertiary/aromatic N) is 1. The van der Waals surface area contributed by atoms with Gasteiger partial charge >= 0.3 is 5.97 Å². The molecule has 0 aliphatic heterocycles. The van der Waals surface area contributed by atoms with Crippen LogP contribution in [0.25, 0.3) is 10.4 Å². The molecule has 0 saturated heterocycles. The van der Waals surface area contributed by atoms with Gasteiger partial charge in [0.05, 0.1) is 28.9 Å². The van der Waals surface area contributed by atoms with Gasteiger partial charge in [0, 0.05) is 4.88 Å². The molecular formula is C17H14N2O4S. The molecule has 1 aromatic carbocycles. The molecule has 1 N–H and O–H groups in total. The lowest BCUT2D eigenvalue weighted by Crippen LogP contribution is -2.09. The molecule has 1 amide bonds. The van der Waals surface area contributed by atoms with Crippen molar-refractivity contribution in [1.29, 1.82) is 0 Å². The van der Waals surface area contributed by atoms with Gasteiger partial charge in [-0.25, -0.2) is 4.79 Å². The normalized spacial score (nSPS) is 10.4. The van der Waals surface area contributed by atoms with Gasteiger partial charge in [0.15, 0.2) is 0 Å². The topological polar surface area (TPSA) is 81.4 Å². The molecule has 0 aliphatic rings. The van der Waals surface area contributed by atoms with Gasteiger partial charge in [-0.05, 0) is 36.8 Å². The summed E-state index contributed by atoms with van der Waals surface area (Å²) in [6.07, 6.45) is 2.65. The predicted octanol–water partition coefficient (Wildman–Crippen LogP) is 3.83. The third-order valence-corrected chi connectivity index (χ3v) is 4.27. The number of thiophene rings is 1. The van der Waals surface area contributed by atoms with Gasteiger partial charge in [-0.1, -0.05) is 17.3 Å². The molecule has 3 aromatic rings. The Kier molecular flexibility index (Phi) is 4.72. The number of benzene rings is 1. The Morgan fingerprint density at radius 1 is 1.17 bits per heavy atom. The zero-order chi connectivity index (χ0) is 16.9. The fourth-order valence-corrected chi connectivity index (χ4v) is 2.95. The molecule has 7 heteroatoms. The van der Waals surface area contributed by atoms with Crippen molar-refractivity contribution < 1.29 is 18.8 Å². The summed E-state index contributed by atoms with van der Waals surface area (Å²) >= 11 is 1.44. The van der Waals surface area contributed by atoms with E-state index in [2.05, 4.69) is 15.0 Å². The summed E-state index contributed by atoms with van der Waals surface area (Å²) < 4.78 is 9.61. The molecule has 3 rings (SSSR count). The first-order valence-corrected chi connectivity index (χ1v) is 8.07. The van der Waals surface area contributed by atoms with Gasteiger partial charge < -0.3 is 14.6 Å². The summed E-state index contributed by atoms with van der Waals surface area (Å²) in [6, 6.07) is 10.9. The second-order valence-corrected chi connectivity index (χ2v) is 5.91. The van der Waals surface area contributed by atoms with Crippen LogP contribution in [0.2, 0.25) is 0 Å². The molecule has 0 radical (unpaired) electrons. The van der Waals surface area contributed by atoms with Crippen molar-refractivity contribution in [2.75, 3.05) is 11.9 Å². The van der Waals surface area contributed by atoms with Crippen LogP contribution in [0.1, 0.15) is 27.6 Å². The highest BCUT2D eigenvalue weighted by atomic mass is 32.1. The van der Waals surface area contributed by atoms with E-state index >= 15 is 0 Å². The lowest BCUT2D eigenvalue weighted by Gasteiger charge is -2.03. The number of carbonyl (C=O) groups excluding carboxylic acids is 2. The molecule has 0 unspecified atom stereocenters. The largest absolute Gasteiger partial charge is 0.462 e. The highest BCUT2D eigenvalue weighted by Crippen LogP contribution is 2.31. The van der Waals surface area contributed by atoms with Crippen molar-refractivity contribution in [2.24, 2.45) is 0 Å². The fraction of sp³-hybridized carbons (Fsp3) is 0.118. The zero-order valence-electron chi connectivity index (χ0n) is 12.8. The van der Waals surface area contributed by atoms with Crippen molar-refractivity contribution in [3.8, 4) is 10.4 Å². The summed E-state index contributed by atoms with van der Waals surface area (Å²) in [5.41, 5.74) is 1.83. The van der Waals surface area contributed by atoms with E-state index in [-0.39, 0.29) is 11.9 Å². The molecule has 24 heavy (non-hydrogen) atoms. The quantitative estimate of drug-likeness (QED) is 0.713. The Morgan fingerprint density at radius 2 is 1.96 bits per heavy atom. The van der Waals surface area contributed by atoms with Crippen LogP contribution >= 0.6 is 11.3 Å². The number of anilines is 1. The highest BCUT2D eigenvalue weighted by molar-refractivity contribution is 7.19. The van der Waals surface area contributed by atoms with E-state index in [1.807, 2.05) is 24.3 Å². The van der Waals surface area contributed by atoms with Crippen LogP contribution in [0.3, 0.4) is 0 Å². The summed E-state index contributed by atoms with van der Waals surface area (Å²) in [5, 5.41) is 7.00. The maximum absolute atomic E-state index is 11.9. The van der Waals surface area contributed by atoms with Crippen molar-refractivity contribution in [2.45, 2.75) is 6.92 Å². The first-order chi connectivity index (χ1) is 11.7. The van der Waals surface area contributed by atoms with E-state index < -0.39 is 0 Å². The lowest BCUT2D eigenvalue weighted by atomic mass is 10.1. The Morgan fingerprint density at radius 3 is 2.62 bits per heavy atom. The van der Waals surface area contributed by atoms with E-state index in [9.17, 15) is 9.59 Å². The zero-order valence-corrected chi connectivity index (χ0v) is 13.6. The van der Waals surface area contributed by atoms with Crippen LogP contribution in [0.5, 0.6) is 0 Å². The van der Waals surface area contributed by atoms with Crippen LogP contribution in [0, 0.1) is 0 Å². The first kappa shape index (κ1) is 15.9. The number of hydrogen-bond donors (Lipinski definition) is 1. The summed E-state index contributed by atoms with van der Waals surface area (Å²) in [5.74, 6) is -0.612. The number of hydrogen-bond acceptors (Lipinski definition) is 6. The Balaban J connectivity index is 1.71. The Hall–Kier alpha value is -2.93. The minimum Gasteiger partial charge on any atom is -0.462 e. The van der Waals surface area contributed by atoms with Crippen LogP contribution in [-0.4, -0.2) is 23.6 Å². The summed E-state index contributed by atoms with van der Waals surface area (Å²) in [7, 11) is 0. The van der Waals surface area contributed by atoms with Crippen LogP contribution in [-0.2, 0) is 4.74 Å². The Bertz CT molecular complexity index is 838. The third-order valence-electron chi connectivity index (χ3n) is 3.22. The molecule has 0 saturated carbocycles. The summed E-state index contributed by atoms with van der Waals surface area (Å²) in [6.45, 7) is 2.12. The van der Waals surface area contributed by atoms with E-state index in [1.54, 1.807) is 19.1 Å². The minimum atomic E-state index is -0.336. The monoisotopic (exact) mass is 342 g/mol. The molecule has 2 aromatic heterocycles. The number of aromatic nitrogens is 1. The maximum Gasteiger partial charge on any atom is 0.338 e. The Labute approximate surface area is 142 Å². The van der Waals surface area contributed by atoms with Gasteiger partial charge in [0.25, 0.3) is 5.91 Å². The average molecular weight is 342 g/mol. The number of carbonyl (C=O) groups is 2. The fourth-order valence-electron chi connectivity index (χ4n) is 2.05. The number of ether oxygens (including phenoxy) is 1. The van der Waals surface area contributed by atoms with E-state index in [0.717, 1.165) is 10.4 Å². The molecule has 122 valence electrons. The average Bonchev–Trinajstić information content (AvgIpc) is 3.27. The lowest BCUT2D eigenvalue weighted by molar-refractivity contribution is 0.0526. The van der Waals surface area contributed by atoms with Crippen LogP contribution in [0.15, 0.2) is 53.4 Å². The van der Waals surface area contributed by atoms with E-state index in [4.69, 9.17) is 4.74 Å². The van der Waals surface area contributed by atoms with Crippen molar-refractivity contribution in [3.63, 3.8) is 0 Å². The standard InChI is InChI=1S/C17H14N2O4S/c1-2-22-17(21)12-5-3-11(4-6-12)14-7-8-15(24-14)19-16(20)13-9-18-23-10-13/h3-10H,2H2,1H3,(H,19,20). The first-order valence-electron chi connectivity index (χ1n) is 7.25. The molecule has 6 nitrogen and oxygen atoms in total. The van der Waals surface area contributed by atoms with Gasteiger partial charge in [0.1, 0.15) is 6.26 Å². The van der Waals surface area contributed by atoms with Crippen LogP contribution in [0.4, 0.5) is 5.00 Å². The predicted molar refractivity (Wildman–Crippen MR) is 90.2 cm³/mol. The van der Waals surface area contributed by atoms with Gasteiger partial charge in [0.2, 0.25) is 0 Å². The number of esters is 1. The molecule has 0 spiro atoms. The van der Waals surface area contributed by atoms with Gasteiger partial charge in [-0.3, -0.25) is 4.79 Å². The molecule has 2 heterocycles. The third kappa shape index (κ3) is 3.52. The number of rotatable bonds is 5. The highest BCUT2D eigenvalue weighted by Gasteiger charge is 2.11. The van der Waals surface area contributed by atoms with Crippen molar-refractivity contribution in [3.05, 3.63) is 60.0 Å².